The molecule has 0 radical (unpaired) electrons. The molecule has 1 heterocycles. The summed E-state index contributed by atoms with van der Waals surface area (Å²) in [7, 11) is 0. The van der Waals surface area contributed by atoms with Crippen LogP contribution in [0, 0.1) is 0 Å². The Morgan fingerprint density at radius 3 is 2.45 bits per heavy atom. The zero-order valence-corrected chi connectivity index (χ0v) is 19.2. The fourth-order valence-electron chi connectivity index (χ4n) is 3.45. The number of aryl methyl sites for hydroxylation is 1. The first-order valence-corrected chi connectivity index (χ1v) is 10.7. The Morgan fingerprint density at radius 2 is 1.79 bits per heavy atom. The number of urea groups is 1. The summed E-state index contributed by atoms with van der Waals surface area (Å²) in [6.07, 6.45) is -2.46. The molecule has 1 aliphatic rings. The third kappa shape index (κ3) is 9.39. The first-order valence-electron chi connectivity index (χ1n) is 10.7. The van der Waals surface area contributed by atoms with Gasteiger partial charge in [0.05, 0.1) is 6.10 Å². The van der Waals surface area contributed by atoms with Crippen molar-refractivity contribution in [2.45, 2.75) is 38.7 Å². The van der Waals surface area contributed by atoms with Gasteiger partial charge in [0.2, 0.25) is 0 Å². The van der Waals surface area contributed by atoms with Crippen molar-refractivity contribution in [1.29, 1.82) is 0 Å². The van der Waals surface area contributed by atoms with E-state index in [1.807, 2.05) is 31.2 Å². The molecule has 3 rings (SSSR count). The van der Waals surface area contributed by atoms with Gasteiger partial charge in [-0.3, -0.25) is 0 Å². The lowest BCUT2D eigenvalue weighted by Crippen LogP contribution is -2.48. The quantitative estimate of drug-likeness (QED) is 0.535. The molecule has 1 unspecified atom stereocenters. The first kappa shape index (κ1) is 26.6. The second-order valence-corrected chi connectivity index (χ2v) is 7.71. The molecule has 2 amide bonds. The highest BCUT2D eigenvalue weighted by Crippen LogP contribution is 2.27. The van der Waals surface area contributed by atoms with Crippen LogP contribution in [0.3, 0.4) is 0 Å². The van der Waals surface area contributed by atoms with E-state index in [1.54, 1.807) is 11.0 Å². The second kappa shape index (κ2) is 12.6. The molecule has 2 aromatic carbocycles. The summed E-state index contributed by atoms with van der Waals surface area (Å²) in [6.45, 7) is 4.89. The number of amides is 2. The summed E-state index contributed by atoms with van der Waals surface area (Å²) in [6, 6.07) is 13.2. The number of halogens is 4. The van der Waals surface area contributed by atoms with Gasteiger partial charge in [-0.15, -0.1) is 25.6 Å². The number of carbonyl (C=O) groups excluding carboxylic acids is 1. The zero-order valence-electron chi connectivity index (χ0n) is 18.4. The van der Waals surface area contributed by atoms with Crippen LogP contribution in [0.25, 0.3) is 0 Å². The average molecular weight is 488 g/mol. The van der Waals surface area contributed by atoms with Crippen LogP contribution in [0.4, 0.5) is 23.7 Å². The monoisotopic (exact) mass is 487 g/mol. The summed E-state index contributed by atoms with van der Waals surface area (Å²) >= 11 is 0. The molecule has 0 aliphatic carbocycles. The summed E-state index contributed by atoms with van der Waals surface area (Å²) in [5.41, 5.74) is 1.90. The van der Waals surface area contributed by atoms with Crippen molar-refractivity contribution in [1.82, 2.24) is 10.2 Å². The normalized spacial score (nSPS) is 14.7. The van der Waals surface area contributed by atoms with E-state index in [1.165, 1.54) is 18.2 Å². The van der Waals surface area contributed by atoms with Crippen LogP contribution in [0.2, 0.25) is 0 Å². The maximum Gasteiger partial charge on any atom is 0.573 e. The van der Waals surface area contributed by atoms with Gasteiger partial charge in [0.15, 0.2) is 0 Å². The Labute approximate surface area is 197 Å². The van der Waals surface area contributed by atoms with E-state index in [0.717, 1.165) is 43.6 Å². The van der Waals surface area contributed by atoms with E-state index in [9.17, 15) is 18.0 Å². The lowest BCUT2D eigenvalue weighted by Gasteiger charge is -2.27. The number of rotatable bonds is 8. The van der Waals surface area contributed by atoms with E-state index in [0.29, 0.717) is 18.8 Å². The van der Waals surface area contributed by atoms with Gasteiger partial charge < -0.3 is 25.0 Å². The molecule has 6 nitrogen and oxygen atoms in total. The molecule has 0 bridgehead atoms. The number of ether oxygens (including phenoxy) is 2. The van der Waals surface area contributed by atoms with Gasteiger partial charge in [0.25, 0.3) is 0 Å². The Kier molecular flexibility index (Phi) is 10.1. The van der Waals surface area contributed by atoms with E-state index in [-0.39, 0.29) is 30.3 Å². The largest absolute Gasteiger partial charge is 0.573 e. The highest BCUT2D eigenvalue weighted by Gasteiger charge is 2.31. The Hall–Kier alpha value is -2.65. The fourth-order valence-corrected chi connectivity index (χ4v) is 3.45. The smallest absolute Gasteiger partial charge is 0.491 e. The van der Waals surface area contributed by atoms with E-state index < -0.39 is 6.36 Å². The topological polar surface area (TPSA) is 62.8 Å². The van der Waals surface area contributed by atoms with Gasteiger partial charge in [-0.05, 0) is 56.0 Å². The molecule has 2 N–H and O–H groups in total. The van der Waals surface area contributed by atoms with Gasteiger partial charge in [0, 0.05) is 37.9 Å². The number of nitrogens with zero attached hydrogens (tertiary/aromatic N) is 1. The van der Waals surface area contributed by atoms with Crippen molar-refractivity contribution >= 4 is 24.1 Å². The average Bonchev–Trinajstić information content (AvgIpc) is 2.74. The molecule has 1 aliphatic heterocycles. The van der Waals surface area contributed by atoms with Crippen molar-refractivity contribution in [2.75, 3.05) is 31.5 Å². The molecule has 10 heteroatoms. The number of benzene rings is 2. The van der Waals surface area contributed by atoms with Crippen LogP contribution < -0.4 is 20.1 Å². The van der Waals surface area contributed by atoms with Crippen LogP contribution >= 0.6 is 12.4 Å². The van der Waals surface area contributed by atoms with E-state index >= 15 is 0 Å². The fraction of sp³-hybridized carbons (Fsp3) is 0.435. The first-order chi connectivity index (χ1) is 15.3. The molecule has 0 spiro atoms. The van der Waals surface area contributed by atoms with Crippen LogP contribution in [-0.4, -0.2) is 49.6 Å². The summed E-state index contributed by atoms with van der Waals surface area (Å²) < 4.78 is 46.7. The SMILES string of the molecule is CC(CCCc1ccc(NC(=O)N2CCNCC2)cc1)Oc1cccc(OC(F)(F)F)c1.Cl. The molecular formula is C23H29ClF3N3O3. The number of hydrogen-bond acceptors (Lipinski definition) is 4. The summed E-state index contributed by atoms with van der Waals surface area (Å²) in [5, 5.41) is 6.13. The number of alkyl halides is 3. The Bertz CT molecular complexity index is 875. The third-order valence-electron chi connectivity index (χ3n) is 5.06. The minimum Gasteiger partial charge on any atom is -0.491 e. The highest BCUT2D eigenvalue weighted by molar-refractivity contribution is 5.89. The van der Waals surface area contributed by atoms with Crippen LogP contribution in [-0.2, 0) is 6.42 Å². The molecule has 0 saturated carbocycles. The van der Waals surface area contributed by atoms with Crippen molar-refractivity contribution in [3.63, 3.8) is 0 Å². The lowest BCUT2D eigenvalue weighted by atomic mass is 10.1. The van der Waals surface area contributed by atoms with Crippen molar-refractivity contribution in [3.8, 4) is 11.5 Å². The highest BCUT2D eigenvalue weighted by atomic mass is 35.5. The third-order valence-corrected chi connectivity index (χ3v) is 5.06. The maximum atomic E-state index is 12.3. The van der Waals surface area contributed by atoms with Gasteiger partial charge >= 0.3 is 12.4 Å². The van der Waals surface area contributed by atoms with Crippen LogP contribution in [0.1, 0.15) is 25.3 Å². The summed E-state index contributed by atoms with van der Waals surface area (Å²) in [5.74, 6) is 0.0372. The molecule has 1 saturated heterocycles. The molecule has 182 valence electrons. The van der Waals surface area contributed by atoms with Gasteiger partial charge in [-0.2, -0.15) is 0 Å². The maximum absolute atomic E-state index is 12.3. The van der Waals surface area contributed by atoms with Gasteiger partial charge in [-0.25, -0.2) is 4.79 Å². The van der Waals surface area contributed by atoms with Crippen molar-refractivity contribution in [2.24, 2.45) is 0 Å². The Balaban J connectivity index is 0.00000385. The standard InChI is InChI=1S/C23H28F3N3O3.ClH/c1-17(31-20-6-3-7-21(16-20)32-23(24,25)26)4-2-5-18-8-10-19(11-9-18)28-22(30)29-14-12-27-13-15-29;/h3,6-11,16-17,27H,2,4-5,12-15H2,1H3,(H,28,30);1H. The number of nitrogens with one attached hydrogen (secondary N) is 2. The molecule has 2 aromatic rings. The number of piperazine rings is 1. The molecule has 0 aromatic heterocycles. The molecule has 1 fully saturated rings. The zero-order chi connectivity index (χ0) is 23.0. The van der Waals surface area contributed by atoms with E-state index in [2.05, 4.69) is 15.4 Å². The molecular weight excluding hydrogens is 459 g/mol. The number of carbonyl (C=O) groups is 1. The number of hydrogen-bond donors (Lipinski definition) is 2. The predicted molar refractivity (Wildman–Crippen MR) is 123 cm³/mol. The molecule has 33 heavy (non-hydrogen) atoms. The predicted octanol–water partition coefficient (Wildman–Crippen LogP) is 5.23. The minimum absolute atomic E-state index is 0. The van der Waals surface area contributed by atoms with Crippen LogP contribution in [0.5, 0.6) is 11.5 Å². The van der Waals surface area contributed by atoms with Crippen LogP contribution in [0.15, 0.2) is 48.5 Å². The van der Waals surface area contributed by atoms with Gasteiger partial charge in [-0.1, -0.05) is 18.2 Å². The number of anilines is 1. The Morgan fingerprint density at radius 1 is 1.12 bits per heavy atom. The second-order valence-electron chi connectivity index (χ2n) is 7.71. The van der Waals surface area contributed by atoms with Crippen molar-refractivity contribution in [3.05, 3.63) is 54.1 Å². The van der Waals surface area contributed by atoms with E-state index in [4.69, 9.17) is 4.74 Å². The minimum atomic E-state index is -4.73. The van der Waals surface area contributed by atoms with Gasteiger partial charge in [0.1, 0.15) is 11.5 Å². The lowest BCUT2D eigenvalue weighted by molar-refractivity contribution is -0.274. The van der Waals surface area contributed by atoms with Crippen molar-refractivity contribution < 1.29 is 27.4 Å². The molecule has 1 atom stereocenters. The summed E-state index contributed by atoms with van der Waals surface area (Å²) in [4.78, 5) is 14.0.